The van der Waals surface area contributed by atoms with Gasteiger partial charge in [-0.05, 0) is 13.3 Å². The molecule has 0 rings (SSSR count). The minimum atomic E-state index is -0.546. The summed E-state index contributed by atoms with van der Waals surface area (Å²) in [6.45, 7) is 3.44. The van der Waals surface area contributed by atoms with Gasteiger partial charge in [0.05, 0.1) is 6.04 Å². The first kappa shape index (κ1) is 12.7. The lowest BCUT2D eigenvalue weighted by Gasteiger charge is -2.17. The average molecular weight is 203 g/mol. The number of carbonyl (C=O) groups excluding carboxylic acids is 1. The topological polar surface area (TPSA) is 96.9 Å². The molecule has 0 saturated heterocycles. The van der Waals surface area contributed by atoms with Crippen LogP contribution in [0.2, 0.25) is 0 Å². The number of amidine groups is 1. The Bertz CT molecular complexity index is 218. The zero-order valence-corrected chi connectivity index (χ0v) is 8.65. The molecular weight excluding hydrogens is 186 g/mol. The average Bonchev–Trinajstić information content (AvgIpc) is 2.22. The molecule has 6 nitrogen and oxygen atoms in total. The Kier molecular flexibility index (Phi) is 5.62. The second-order valence-electron chi connectivity index (χ2n) is 2.87. The molecular formula is C8H17N3O3. The van der Waals surface area contributed by atoms with Crippen LogP contribution in [0.3, 0.4) is 0 Å². The second kappa shape index (κ2) is 6.20. The number of ether oxygens (including phenoxy) is 1. The van der Waals surface area contributed by atoms with Gasteiger partial charge in [0.2, 0.25) is 5.91 Å². The van der Waals surface area contributed by atoms with Gasteiger partial charge in [0.1, 0.15) is 6.10 Å². The van der Waals surface area contributed by atoms with Crippen LogP contribution in [-0.2, 0) is 9.53 Å². The van der Waals surface area contributed by atoms with E-state index in [1.165, 1.54) is 7.11 Å². The number of hydrogen-bond acceptors (Lipinski definition) is 4. The molecule has 0 aromatic heterocycles. The zero-order chi connectivity index (χ0) is 11.1. The number of nitrogens with one attached hydrogen (secondary N) is 1. The highest BCUT2D eigenvalue weighted by atomic mass is 16.5. The van der Waals surface area contributed by atoms with E-state index in [-0.39, 0.29) is 11.7 Å². The smallest absolute Gasteiger partial charge is 0.249 e. The van der Waals surface area contributed by atoms with Crippen LogP contribution in [0, 0.1) is 0 Å². The molecule has 0 aliphatic heterocycles. The molecule has 2 atom stereocenters. The van der Waals surface area contributed by atoms with Crippen molar-refractivity contribution >= 4 is 11.7 Å². The van der Waals surface area contributed by atoms with Gasteiger partial charge in [0.25, 0.3) is 0 Å². The van der Waals surface area contributed by atoms with Crippen molar-refractivity contribution in [3.63, 3.8) is 0 Å². The van der Waals surface area contributed by atoms with Crippen molar-refractivity contribution in [1.29, 1.82) is 0 Å². The second-order valence-corrected chi connectivity index (χ2v) is 2.87. The lowest BCUT2D eigenvalue weighted by Crippen LogP contribution is -2.47. The Balaban J connectivity index is 4.26. The maximum atomic E-state index is 11.3. The fourth-order valence-corrected chi connectivity index (χ4v) is 0.851. The molecule has 0 fully saturated rings. The monoisotopic (exact) mass is 203 g/mol. The van der Waals surface area contributed by atoms with E-state index in [2.05, 4.69) is 10.5 Å². The number of hydrogen-bond donors (Lipinski definition) is 3. The third-order valence-electron chi connectivity index (χ3n) is 1.92. The molecule has 0 aliphatic rings. The van der Waals surface area contributed by atoms with Gasteiger partial charge < -0.3 is 21.0 Å². The molecule has 1 amide bonds. The third-order valence-corrected chi connectivity index (χ3v) is 1.92. The van der Waals surface area contributed by atoms with E-state index in [1.807, 2.05) is 6.92 Å². The number of nitrogens with two attached hydrogens (primary N) is 1. The highest BCUT2D eigenvalue weighted by molar-refractivity contribution is 5.91. The lowest BCUT2D eigenvalue weighted by atomic mass is 10.2. The summed E-state index contributed by atoms with van der Waals surface area (Å²) >= 11 is 0. The Morgan fingerprint density at radius 1 is 1.71 bits per heavy atom. The molecule has 0 aromatic carbocycles. The van der Waals surface area contributed by atoms with E-state index in [1.54, 1.807) is 6.92 Å². The van der Waals surface area contributed by atoms with Gasteiger partial charge in [-0.15, -0.1) is 0 Å². The predicted octanol–water partition coefficient (Wildman–Crippen LogP) is -0.337. The van der Waals surface area contributed by atoms with Crippen molar-refractivity contribution in [1.82, 2.24) is 5.32 Å². The highest BCUT2D eigenvalue weighted by Gasteiger charge is 2.18. The SMILES string of the molecule is CCC(NC(=O)C(C)OC)C(N)=NO. The molecule has 0 heterocycles. The van der Waals surface area contributed by atoms with Crippen LogP contribution >= 0.6 is 0 Å². The summed E-state index contributed by atoms with van der Waals surface area (Å²) in [5.74, 6) is -0.296. The molecule has 0 aromatic rings. The lowest BCUT2D eigenvalue weighted by molar-refractivity contribution is -0.130. The molecule has 0 spiro atoms. The maximum Gasteiger partial charge on any atom is 0.249 e. The minimum absolute atomic E-state index is 0.0100. The molecule has 0 aliphatic carbocycles. The minimum Gasteiger partial charge on any atom is -0.409 e. The van der Waals surface area contributed by atoms with Crippen LogP contribution in [0.4, 0.5) is 0 Å². The fourth-order valence-electron chi connectivity index (χ4n) is 0.851. The Hall–Kier alpha value is -1.30. The summed E-state index contributed by atoms with van der Waals surface area (Å²) in [4.78, 5) is 11.3. The first-order chi connectivity index (χ1) is 6.56. The summed E-state index contributed by atoms with van der Waals surface area (Å²) in [5.41, 5.74) is 5.36. The van der Waals surface area contributed by atoms with E-state index in [0.29, 0.717) is 6.42 Å². The van der Waals surface area contributed by atoms with Gasteiger partial charge >= 0.3 is 0 Å². The van der Waals surface area contributed by atoms with Crippen LogP contribution in [0.5, 0.6) is 0 Å². The van der Waals surface area contributed by atoms with E-state index in [4.69, 9.17) is 15.7 Å². The van der Waals surface area contributed by atoms with Crippen LogP contribution < -0.4 is 11.1 Å². The molecule has 0 bridgehead atoms. The fraction of sp³-hybridized carbons (Fsp3) is 0.750. The van der Waals surface area contributed by atoms with Crippen LogP contribution in [0.25, 0.3) is 0 Å². The van der Waals surface area contributed by atoms with Crippen molar-refractivity contribution in [2.75, 3.05) is 7.11 Å². The number of rotatable bonds is 5. The third kappa shape index (κ3) is 3.61. The Morgan fingerprint density at radius 2 is 2.29 bits per heavy atom. The number of oxime groups is 1. The van der Waals surface area contributed by atoms with Crippen molar-refractivity contribution in [3.8, 4) is 0 Å². The van der Waals surface area contributed by atoms with E-state index in [9.17, 15) is 4.79 Å². The van der Waals surface area contributed by atoms with Gasteiger partial charge in [0.15, 0.2) is 5.84 Å². The van der Waals surface area contributed by atoms with Crippen LogP contribution in [-0.4, -0.2) is 36.2 Å². The molecule has 0 saturated carbocycles. The summed E-state index contributed by atoms with van der Waals surface area (Å²) in [7, 11) is 1.44. The van der Waals surface area contributed by atoms with Crippen molar-refractivity contribution in [2.24, 2.45) is 10.9 Å². The molecule has 2 unspecified atom stereocenters. The molecule has 82 valence electrons. The molecule has 6 heteroatoms. The standard InChI is InChI=1S/C8H17N3O3/c1-4-6(7(9)11-13)10-8(12)5(2)14-3/h5-6,13H,4H2,1-3H3,(H2,9,11)(H,10,12). The number of amides is 1. The van der Waals surface area contributed by atoms with Crippen LogP contribution in [0.1, 0.15) is 20.3 Å². The van der Waals surface area contributed by atoms with Crippen LogP contribution in [0.15, 0.2) is 5.16 Å². The Morgan fingerprint density at radius 3 is 2.64 bits per heavy atom. The summed E-state index contributed by atoms with van der Waals surface area (Å²) in [6, 6.07) is -0.454. The van der Waals surface area contributed by atoms with Gasteiger partial charge in [0, 0.05) is 7.11 Å². The number of methoxy groups -OCH3 is 1. The zero-order valence-electron chi connectivity index (χ0n) is 8.65. The van der Waals surface area contributed by atoms with Crippen molar-refractivity contribution in [3.05, 3.63) is 0 Å². The van der Waals surface area contributed by atoms with Gasteiger partial charge in [-0.3, -0.25) is 4.79 Å². The number of nitrogens with zero attached hydrogens (tertiary/aromatic N) is 1. The first-order valence-corrected chi connectivity index (χ1v) is 4.37. The molecule has 14 heavy (non-hydrogen) atoms. The van der Waals surface area contributed by atoms with E-state index in [0.717, 1.165) is 0 Å². The van der Waals surface area contributed by atoms with Gasteiger partial charge in [-0.25, -0.2) is 0 Å². The van der Waals surface area contributed by atoms with Crippen molar-refractivity contribution < 1.29 is 14.7 Å². The quantitative estimate of drug-likeness (QED) is 0.246. The van der Waals surface area contributed by atoms with E-state index >= 15 is 0 Å². The normalized spacial score (nSPS) is 16.1. The van der Waals surface area contributed by atoms with Gasteiger partial charge in [-0.1, -0.05) is 12.1 Å². The van der Waals surface area contributed by atoms with Gasteiger partial charge in [-0.2, -0.15) is 0 Å². The first-order valence-electron chi connectivity index (χ1n) is 4.37. The Labute approximate surface area is 83.1 Å². The van der Waals surface area contributed by atoms with E-state index < -0.39 is 12.1 Å². The predicted molar refractivity (Wildman–Crippen MR) is 52.1 cm³/mol. The highest BCUT2D eigenvalue weighted by Crippen LogP contribution is 1.94. The summed E-state index contributed by atoms with van der Waals surface area (Å²) < 4.78 is 4.82. The molecule has 4 N–H and O–H groups in total. The largest absolute Gasteiger partial charge is 0.409 e. The molecule has 0 radical (unpaired) electrons. The maximum absolute atomic E-state index is 11.3. The summed E-state index contributed by atoms with van der Waals surface area (Å²) in [6.07, 6.45) is 0.00784. The van der Waals surface area contributed by atoms with Crippen molar-refractivity contribution in [2.45, 2.75) is 32.4 Å². The number of carbonyl (C=O) groups is 1. The summed E-state index contributed by atoms with van der Waals surface area (Å²) in [5, 5.41) is 13.9.